The van der Waals surface area contributed by atoms with E-state index in [0.717, 1.165) is 70.6 Å². The lowest BCUT2D eigenvalue weighted by atomic mass is 10.0. The van der Waals surface area contributed by atoms with Crippen LogP contribution in [-0.2, 0) is 28.6 Å². The lowest BCUT2D eigenvalue weighted by molar-refractivity contribution is -0.167. The van der Waals surface area contributed by atoms with Crippen LogP contribution in [0, 0.1) is 0 Å². The van der Waals surface area contributed by atoms with Crippen LogP contribution in [0.5, 0.6) is 0 Å². The Morgan fingerprint density at radius 2 is 0.574 bits per heavy atom. The Morgan fingerprint density at radius 3 is 0.885 bits per heavy atom. The molecule has 6 nitrogen and oxygen atoms in total. The van der Waals surface area contributed by atoms with Crippen LogP contribution in [0.15, 0.2) is 12.2 Å². The van der Waals surface area contributed by atoms with Gasteiger partial charge in [0.15, 0.2) is 6.10 Å². The smallest absolute Gasteiger partial charge is 0.306 e. The van der Waals surface area contributed by atoms with Crippen molar-refractivity contribution in [2.45, 2.75) is 309 Å². The van der Waals surface area contributed by atoms with Crippen molar-refractivity contribution in [3.63, 3.8) is 0 Å². The highest BCUT2D eigenvalue weighted by Gasteiger charge is 2.19. The molecule has 0 aromatic heterocycles. The van der Waals surface area contributed by atoms with Gasteiger partial charge < -0.3 is 14.2 Å². The quantitative estimate of drug-likeness (QED) is 0.0262. The molecule has 0 spiro atoms. The second kappa shape index (κ2) is 50.8. The van der Waals surface area contributed by atoms with Crippen LogP contribution in [0.25, 0.3) is 0 Å². The third-order valence-electron chi connectivity index (χ3n) is 12.3. The van der Waals surface area contributed by atoms with E-state index in [0.29, 0.717) is 19.3 Å². The van der Waals surface area contributed by atoms with Crippen molar-refractivity contribution in [2.75, 3.05) is 13.2 Å². The number of hydrogen-bond donors (Lipinski definition) is 0. The molecular formula is C55H104O6. The van der Waals surface area contributed by atoms with Crippen molar-refractivity contribution in [1.82, 2.24) is 0 Å². The lowest BCUT2D eigenvalue weighted by Crippen LogP contribution is -2.30. The molecule has 0 bridgehead atoms. The highest BCUT2D eigenvalue weighted by atomic mass is 16.6. The predicted octanol–water partition coefficient (Wildman–Crippen LogP) is 17.8. The first-order valence-electron chi connectivity index (χ1n) is 27.2. The van der Waals surface area contributed by atoms with E-state index in [2.05, 4.69) is 32.9 Å². The molecule has 0 saturated heterocycles. The van der Waals surface area contributed by atoms with Gasteiger partial charge in [0, 0.05) is 19.3 Å². The van der Waals surface area contributed by atoms with Gasteiger partial charge in [0.1, 0.15) is 13.2 Å². The molecule has 0 aliphatic heterocycles. The zero-order valence-electron chi connectivity index (χ0n) is 41.2. The fourth-order valence-corrected chi connectivity index (χ4v) is 8.15. The fourth-order valence-electron chi connectivity index (χ4n) is 8.15. The van der Waals surface area contributed by atoms with Crippen molar-refractivity contribution in [3.05, 3.63) is 12.2 Å². The van der Waals surface area contributed by atoms with Crippen LogP contribution in [0.1, 0.15) is 303 Å². The highest BCUT2D eigenvalue weighted by molar-refractivity contribution is 5.71. The molecule has 360 valence electrons. The summed E-state index contributed by atoms with van der Waals surface area (Å²) in [6, 6.07) is 0. The second-order valence-corrected chi connectivity index (χ2v) is 18.5. The van der Waals surface area contributed by atoms with Gasteiger partial charge >= 0.3 is 17.9 Å². The maximum atomic E-state index is 12.7. The summed E-state index contributed by atoms with van der Waals surface area (Å²) in [5.74, 6) is -0.864. The van der Waals surface area contributed by atoms with Gasteiger partial charge in [-0.25, -0.2) is 0 Å². The monoisotopic (exact) mass is 861 g/mol. The normalized spacial score (nSPS) is 12.0. The first-order chi connectivity index (χ1) is 30.0. The first-order valence-corrected chi connectivity index (χ1v) is 27.2. The molecule has 1 unspecified atom stereocenters. The molecule has 61 heavy (non-hydrogen) atoms. The third-order valence-corrected chi connectivity index (χ3v) is 12.3. The van der Waals surface area contributed by atoms with Gasteiger partial charge in [-0.1, -0.05) is 258 Å². The Kier molecular flexibility index (Phi) is 49.3. The molecule has 0 amide bonds. The zero-order valence-corrected chi connectivity index (χ0v) is 41.2. The first kappa shape index (κ1) is 59.1. The maximum absolute atomic E-state index is 12.7. The minimum atomic E-state index is -0.766. The average molecular weight is 861 g/mol. The van der Waals surface area contributed by atoms with Crippen molar-refractivity contribution in [1.29, 1.82) is 0 Å². The molecule has 0 rings (SSSR count). The molecule has 0 fully saturated rings. The van der Waals surface area contributed by atoms with Gasteiger partial charge in [-0.3, -0.25) is 14.4 Å². The van der Waals surface area contributed by atoms with E-state index in [1.165, 1.54) is 193 Å². The average Bonchev–Trinajstić information content (AvgIpc) is 3.26. The lowest BCUT2D eigenvalue weighted by Gasteiger charge is -2.18. The SMILES string of the molecule is CCC/C=C\CCCCCCCC(=O)OC(COC(=O)CCCCCCCCCCCC)COC(=O)CCCCCCCCCCCCCCCCCCCCCCCCC. The molecule has 0 aromatic rings. The summed E-state index contributed by atoms with van der Waals surface area (Å²) >= 11 is 0. The Bertz CT molecular complexity index is 947. The summed E-state index contributed by atoms with van der Waals surface area (Å²) in [7, 11) is 0. The molecular weight excluding hydrogens is 757 g/mol. The number of allylic oxidation sites excluding steroid dienone is 2. The van der Waals surface area contributed by atoms with Gasteiger partial charge in [-0.15, -0.1) is 0 Å². The fraction of sp³-hybridized carbons (Fsp3) is 0.909. The summed E-state index contributed by atoms with van der Waals surface area (Å²) in [5.41, 5.74) is 0. The molecule has 0 N–H and O–H groups in total. The van der Waals surface area contributed by atoms with Crippen LogP contribution in [-0.4, -0.2) is 37.2 Å². The zero-order chi connectivity index (χ0) is 44.4. The number of esters is 3. The van der Waals surface area contributed by atoms with Crippen molar-refractivity contribution >= 4 is 17.9 Å². The molecule has 6 heteroatoms. The van der Waals surface area contributed by atoms with E-state index in [1.54, 1.807) is 0 Å². The van der Waals surface area contributed by atoms with Gasteiger partial charge in [0.25, 0.3) is 0 Å². The molecule has 0 aliphatic rings. The van der Waals surface area contributed by atoms with Gasteiger partial charge in [0.05, 0.1) is 0 Å². The minimum absolute atomic E-state index is 0.0684. The van der Waals surface area contributed by atoms with E-state index >= 15 is 0 Å². The molecule has 0 heterocycles. The largest absolute Gasteiger partial charge is 0.462 e. The summed E-state index contributed by atoms with van der Waals surface area (Å²) in [6.07, 6.45) is 56.5. The van der Waals surface area contributed by atoms with Crippen LogP contribution in [0.3, 0.4) is 0 Å². The Hall–Kier alpha value is -1.85. The van der Waals surface area contributed by atoms with Crippen LogP contribution in [0.4, 0.5) is 0 Å². The minimum Gasteiger partial charge on any atom is -0.462 e. The van der Waals surface area contributed by atoms with E-state index < -0.39 is 6.10 Å². The molecule has 1 atom stereocenters. The van der Waals surface area contributed by atoms with Crippen LogP contribution in [0.2, 0.25) is 0 Å². The van der Waals surface area contributed by atoms with E-state index in [4.69, 9.17) is 14.2 Å². The number of rotatable bonds is 50. The van der Waals surface area contributed by atoms with Gasteiger partial charge in [0.2, 0.25) is 0 Å². The van der Waals surface area contributed by atoms with Crippen molar-refractivity contribution in [2.24, 2.45) is 0 Å². The number of carbonyl (C=O) groups excluding carboxylic acids is 3. The molecule has 0 aromatic carbocycles. The van der Waals surface area contributed by atoms with E-state index in [9.17, 15) is 14.4 Å². The maximum Gasteiger partial charge on any atom is 0.306 e. The summed E-state index contributed by atoms with van der Waals surface area (Å²) < 4.78 is 16.8. The Labute approximate surface area is 380 Å². The van der Waals surface area contributed by atoms with Gasteiger partial charge in [-0.05, 0) is 38.5 Å². The summed E-state index contributed by atoms with van der Waals surface area (Å²) in [6.45, 7) is 6.60. The Balaban J connectivity index is 4.11. The molecule has 0 aliphatic carbocycles. The van der Waals surface area contributed by atoms with E-state index in [-0.39, 0.29) is 31.1 Å². The number of carbonyl (C=O) groups is 3. The number of hydrogen-bond acceptors (Lipinski definition) is 6. The summed E-state index contributed by atoms with van der Waals surface area (Å²) in [4.78, 5) is 37.8. The summed E-state index contributed by atoms with van der Waals surface area (Å²) in [5, 5.41) is 0. The van der Waals surface area contributed by atoms with Crippen LogP contribution < -0.4 is 0 Å². The molecule has 0 radical (unpaired) electrons. The highest BCUT2D eigenvalue weighted by Crippen LogP contribution is 2.17. The Morgan fingerprint density at radius 1 is 0.311 bits per heavy atom. The van der Waals surface area contributed by atoms with E-state index in [1.807, 2.05) is 0 Å². The van der Waals surface area contributed by atoms with Gasteiger partial charge in [-0.2, -0.15) is 0 Å². The number of unbranched alkanes of at least 4 members (excludes halogenated alkanes) is 37. The second-order valence-electron chi connectivity index (χ2n) is 18.5. The van der Waals surface area contributed by atoms with Crippen LogP contribution >= 0.6 is 0 Å². The standard InChI is InChI=1S/C55H104O6/c1-4-7-10-13-16-19-22-23-24-25-26-27-28-29-30-31-32-33-34-37-39-42-45-48-54(57)60-51-52(61-55(58)49-46-43-40-36-21-18-15-12-9-6-3)50-59-53(56)47-44-41-38-35-20-17-14-11-8-5-2/h12,15,52H,4-11,13-14,16-51H2,1-3H3/b15-12-. The van der Waals surface area contributed by atoms with Crippen molar-refractivity contribution in [3.8, 4) is 0 Å². The van der Waals surface area contributed by atoms with Crippen molar-refractivity contribution < 1.29 is 28.6 Å². The number of ether oxygens (including phenoxy) is 3. The predicted molar refractivity (Wildman–Crippen MR) is 261 cm³/mol. The third kappa shape index (κ3) is 49.0. The molecule has 0 saturated carbocycles. The topological polar surface area (TPSA) is 78.9 Å².